The average Bonchev–Trinajstić information content (AvgIpc) is 3.03. The molecule has 0 bridgehead atoms. The summed E-state index contributed by atoms with van der Waals surface area (Å²) in [6, 6.07) is 20.4. The molecule has 0 unspecified atom stereocenters. The Bertz CT molecular complexity index is 1090. The Morgan fingerprint density at radius 1 is 0.833 bits per heavy atom. The lowest BCUT2D eigenvalue weighted by atomic mass is 10.1. The van der Waals surface area contributed by atoms with Gasteiger partial charge in [0, 0.05) is 6.07 Å². The van der Waals surface area contributed by atoms with Gasteiger partial charge >= 0.3 is 5.97 Å². The van der Waals surface area contributed by atoms with Crippen molar-refractivity contribution < 1.29 is 23.9 Å². The number of esters is 1. The van der Waals surface area contributed by atoms with Gasteiger partial charge in [0.2, 0.25) is 0 Å². The maximum Gasteiger partial charge on any atom is 0.349 e. The summed E-state index contributed by atoms with van der Waals surface area (Å²) in [7, 11) is 0. The lowest BCUT2D eigenvalue weighted by Gasteiger charge is -2.15. The Morgan fingerprint density at radius 2 is 1.50 bits per heavy atom. The van der Waals surface area contributed by atoms with E-state index in [1.165, 1.54) is 11.6 Å². The van der Waals surface area contributed by atoms with Crippen LogP contribution in [-0.2, 0) is 11.2 Å². The molecule has 2 amide bonds. The SMILES string of the molecule is CCc1ccc(OCC(=O)Oc2cccc(N3C(=O)c4ccccc4C3=O)c2)cc1. The van der Waals surface area contributed by atoms with Gasteiger partial charge in [0.15, 0.2) is 6.61 Å². The van der Waals surface area contributed by atoms with Gasteiger partial charge in [-0.15, -0.1) is 0 Å². The van der Waals surface area contributed by atoms with E-state index in [-0.39, 0.29) is 12.4 Å². The Hall–Kier alpha value is -3.93. The zero-order chi connectivity index (χ0) is 21.1. The Morgan fingerprint density at radius 3 is 2.13 bits per heavy atom. The summed E-state index contributed by atoms with van der Waals surface area (Å²) < 4.78 is 10.8. The van der Waals surface area contributed by atoms with Crippen LogP contribution in [0.4, 0.5) is 5.69 Å². The van der Waals surface area contributed by atoms with Gasteiger partial charge < -0.3 is 9.47 Å². The van der Waals surface area contributed by atoms with Gasteiger partial charge in [-0.3, -0.25) is 9.59 Å². The van der Waals surface area contributed by atoms with Crippen molar-refractivity contribution in [3.8, 4) is 11.5 Å². The number of aryl methyl sites for hydroxylation is 1. The van der Waals surface area contributed by atoms with Gasteiger partial charge in [0.1, 0.15) is 11.5 Å². The van der Waals surface area contributed by atoms with E-state index in [1.807, 2.05) is 12.1 Å². The van der Waals surface area contributed by atoms with Crippen molar-refractivity contribution >= 4 is 23.5 Å². The summed E-state index contributed by atoms with van der Waals surface area (Å²) in [5, 5.41) is 0. The molecule has 1 heterocycles. The number of imide groups is 1. The predicted molar refractivity (Wildman–Crippen MR) is 111 cm³/mol. The molecule has 0 aliphatic carbocycles. The Labute approximate surface area is 173 Å². The number of carbonyl (C=O) groups is 3. The number of benzene rings is 3. The number of ether oxygens (including phenoxy) is 2. The quantitative estimate of drug-likeness (QED) is 0.354. The van der Waals surface area contributed by atoms with Gasteiger partial charge in [0.25, 0.3) is 11.8 Å². The molecule has 30 heavy (non-hydrogen) atoms. The average molecular weight is 401 g/mol. The fraction of sp³-hybridized carbons (Fsp3) is 0.125. The Kier molecular flexibility index (Phi) is 5.30. The third kappa shape index (κ3) is 3.80. The molecular formula is C24H19NO5. The molecular weight excluding hydrogens is 382 g/mol. The van der Waals surface area contributed by atoms with Crippen molar-refractivity contribution in [3.63, 3.8) is 0 Å². The smallest absolute Gasteiger partial charge is 0.349 e. The molecule has 1 aliphatic heterocycles. The van der Waals surface area contributed by atoms with E-state index in [1.54, 1.807) is 54.6 Å². The van der Waals surface area contributed by atoms with Crippen molar-refractivity contribution in [2.24, 2.45) is 0 Å². The molecule has 6 heteroatoms. The van der Waals surface area contributed by atoms with Gasteiger partial charge in [-0.2, -0.15) is 0 Å². The minimum absolute atomic E-state index is 0.221. The number of rotatable bonds is 6. The van der Waals surface area contributed by atoms with Gasteiger partial charge in [-0.05, 0) is 48.4 Å². The molecule has 0 aromatic heterocycles. The number of hydrogen-bond donors (Lipinski definition) is 0. The number of fused-ring (bicyclic) bond motifs is 1. The second-order valence-corrected chi connectivity index (χ2v) is 6.75. The number of carbonyl (C=O) groups excluding carboxylic acids is 3. The van der Waals surface area contributed by atoms with Crippen LogP contribution < -0.4 is 14.4 Å². The maximum absolute atomic E-state index is 12.6. The van der Waals surface area contributed by atoms with Gasteiger partial charge in [-0.1, -0.05) is 37.3 Å². The lowest BCUT2D eigenvalue weighted by molar-refractivity contribution is -0.136. The van der Waals surface area contributed by atoms with E-state index in [0.717, 1.165) is 11.3 Å². The van der Waals surface area contributed by atoms with Crippen molar-refractivity contribution in [3.05, 3.63) is 89.5 Å². The van der Waals surface area contributed by atoms with Crippen LogP contribution in [0.25, 0.3) is 0 Å². The van der Waals surface area contributed by atoms with E-state index >= 15 is 0 Å². The predicted octanol–water partition coefficient (Wildman–Crippen LogP) is 4.03. The molecule has 0 fully saturated rings. The third-order valence-corrected chi connectivity index (χ3v) is 4.79. The van der Waals surface area contributed by atoms with E-state index in [0.29, 0.717) is 22.6 Å². The molecule has 1 aliphatic rings. The highest BCUT2D eigenvalue weighted by Crippen LogP contribution is 2.30. The number of anilines is 1. The summed E-state index contributed by atoms with van der Waals surface area (Å²) in [4.78, 5) is 38.5. The first-order chi connectivity index (χ1) is 14.6. The Balaban J connectivity index is 1.43. The van der Waals surface area contributed by atoms with Crippen LogP contribution in [-0.4, -0.2) is 24.4 Å². The van der Waals surface area contributed by atoms with Crippen LogP contribution in [0.15, 0.2) is 72.8 Å². The first-order valence-corrected chi connectivity index (χ1v) is 9.57. The zero-order valence-corrected chi connectivity index (χ0v) is 16.3. The largest absolute Gasteiger partial charge is 0.482 e. The minimum atomic E-state index is -0.589. The molecule has 3 aromatic rings. The van der Waals surface area contributed by atoms with Crippen LogP contribution in [0.3, 0.4) is 0 Å². The third-order valence-electron chi connectivity index (χ3n) is 4.79. The molecule has 0 radical (unpaired) electrons. The molecule has 0 saturated carbocycles. The lowest BCUT2D eigenvalue weighted by Crippen LogP contribution is -2.29. The first kappa shape index (κ1) is 19.4. The van der Waals surface area contributed by atoms with Crippen LogP contribution in [0.5, 0.6) is 11.5 Å². The van der Waals surface area contributed by atoms with Crippen LogP contribution in [0, 0.1) is 0 Å². The molecule has 4 rings (SSSR count). The normalized spacial score (nSPS) is 12.6. The minimum Gasteiger partial charge on any atom is -0.482 e. The van der Waals surface area contributed by atoms with E-state index in [2.05, 4.69) is 6.92 Å². The topological polar surface area (TPSA) is 72.9 Å². The summed E-state index contributed by atoms with van der Waals surface area (Å²) >= 11 is 0. The summed E-state index contributed by atoms with van der Waals surface area (Å²) in [6.07, 6.45) is 0.922. The summed E-state index contributed by atoms with van der Waals surface area (Å²) in [6.45, 7) is 1.80. The molecule has 3 aromatic carbocycles. The van der Waals surface area contributed by atoms with E-state index in [4.69, 9.17) is 9.47 Å². The first-order valence-electron chi connectivity index (χ1n) is 9.57. The van der Waals surface area contributed by atoms with Crippen LogP contribution in [0.2, 0.25) is 0 Å². The standard InChI is InChI=1S/C24H19NO5/c1-2-16-10-12-18(13-11-16)29-15-22(26)30-19-7-5-6-17(14-19)25-23(27)20-8-3-4-9-21(20)24(25)28/h3-14H,2,15H2,1H3. The fourth-order valence-electron chi connectivity index (χ4n) is 3.23. The molecule has 0 spiro atoms. The highest BCUT2D eigenvalue weighted by Gasteiger charge is 2.36. The monoisotopic (exact) mass is 401 g/mol. The second kappa shape index (κ2) is 8.21. The van der Waals surface area contributed by atoms with Gasteiger partial charge in [0.05, 0.1) is 16.8 Å². The van der Waals surface area contributed by atoms with E-state index in [9.17, 15) is 14.4 Å². The molecule has 0 atom stereocenters. The van der Waals surface area contributed by atoms with Crippen molar-refractivity contribution in [1.82, 2.24) is 0 Å². The van der Waals surface area contributed by atoms with Crippen molar-refractivity contribution in [1.29, 1.82) is 0 Å². The highest BCUT2D eigenvalue weighted by molar-refractivity contribution is 6.34. The molecule has 0 saturated heterocycles. The van der Waals surface area contributed by atoms with Gasteiger partial charge in [-0.25, -0.2) is 9.69 Å². The fourth-order valence-corrected chi connectivity index (χ4v) is 3.23. The number of amides is 2. The zero-order valence-electron chi connectivity index (χ0n) is 16.3. The van der Waals surface area contributed by atoms with Crippen molar-refractivity contribution in [2.45, 2.75) is 13.3 Å². The highest BCUT2D eigenvalue weighted by atomic mass is 16.6. The summed E-state index contributed by atoms with van der Waals surface area (Å²) in [5.41, 5.74) is 2.22. The van der Waals surface area contributed by atoms with E-state index < -0.39 is 17.8 Å². The molecule has 6 nitrogen and oxygen atoms in total. The van der Waals surface area contributed by atoms with Crippen molar-refractivity contribution in [2.75, 3.05) is 11.5 Å². The van der Waals surface area contributed by atoms with Crippen LogP contribution >= 0.6 is 0 Å². The number of hydrogen-bond acceptors (Lipinski definition) is 5. The molecule has 0 N–H and O–H groups in total. The number of nitrogens with zero attached hydrogens (tertiary/aromatic N) is 1. The molecule has 150 valence electrons. The summed E-state index contributed by atoms with van der Waals surface area (Å²) in [5.74, 6) is -0.604. The maximum atomic E-state index is 12.6. The second-order valence-electron chi connectivity index (χ2n) is 6.75. The van der Waals surface area contributed by atoms with Crippen LogP contribution in [0.1, 0.15) is 33.2 Å².